The zero-order valence-electron chi connectivity index (χ0n) is 10.8. The van der Waals surface area contributed by atoms with E-state index in [2.05, 4.69) is 26.2 Å². The molecule has 106 valence electrons. The van der Waals surface area contributed by atoms with Crippen molar-refractivity contribution in [2.75, 3.05) is 11.9 Å². The number of halogens is 3. The van der Waals surface area contributed by atoms with Crippen LogP contribution in [0.5, 0.6) is 5.75 Å². The monoisotopic (exact) mass is 342 g/mol. The van der Waals surface area contributed by atoms with Crippen molar-refractivity contribution in [2.45, 2.75) is 13.5 Å². The highest BCUT2D eigenvalue weighted by Gasteiger charge is 2.11. The van der Waals surface area contributed by atoms with Crippen LogP contribution >= 0.6 is 15.9 Å². The molecule has 1 N–H and O–H groups in total. The maximum absolute atomic E-state index is 13.6. The summed E-state index contributed by atoms with van der Waals surface area (Å²) in [5, 5.41) is 3.08. The lowest BCUT2D eigenvalue weighted by molar-refractivity contribution is 0.283. The fraction of sp³-hybridized carbons (Fsp3) is 0.214. The number of nitrogens with zero attached hydrogens (tertiary/aromatic N) is 1. The van der Waals surface area contributed by atoms with Crippen LogP contribution in [0, 0.1) is 11.6 Å². The summed E-state index contributed by atoms with van der Waals surface area (Å²) in [6.07, 6.45) is 0. The highest BCUT2D eigenvalue weighted by atomic mass is 79.9. The Balaban J connectivity index is 2.11. The number of rotatable bonds is 5. The molecule has 3 nitrogen and oxygen atoms in total. The van der Waals surface area contributed by atoms with E-state index < -0.39 is 11.6 Å². The fourth-order valence-corrected chi connectivity index (χ4v) is 2.18. The molecule has 20 heavy (non-hydrogen) atoms. The minimum atomic E-state index is -0.750. The Labute approximate surface area is 124 Å². The summed E-state index contributed by atoms with van der Waals surface area (Å²) in [5.41, 5.74) is 0.652. The normalized spacial score (nSPS) is 10.4. The summed E-state index contributed by atoms with van der Waals surface area (Å²) in [6, 6.07) is 7.38. The van der Waals surface area contributed by atoms with Crippen molar-refractivity contribution in [3.8, 4) is 5.75 Å². The van der Waals surface area contributed by atoms with Gasteiger partial charge >= 0.3 is 0 Å². The van der Waals surface area contributed by atoms with Gasteiger partial charge in [0, 0.05) is 12.6 Å². The molecule has 6 heteroatoms. The van der Waals surface area contributed by atoms with Gasteiger partial charge in [-0.15, -0.1) is 0 Å². The van der Waals surface area contributed by atoms with E-state index in [-0.39, 0.29) is 16.8 Å². The molecule has 0 aliphatic carbocycles. The first-order valence-corrected chi connectivity index (χ1v) is 6.86. The van der Waals surface area contributed by atoms with Crippen molar-refractivity contribution >= 4 is 21.7 Å². The molecule has 1 aromatic heterocycles. The van der Waals surface area contributed by atoms with Crippen LogP contribution in [0.2, 0.25) is 0 Å². The molecular formula is C14H13BrF2N2O. The van der Waals surface area contributed by atoms with Crippen LogP contribution < -0.4 is 10.1 Å². The third-order valence-electron chi connectivity index (χ3n) is 2.49. The average Bonchev–Trinajstić information content (AvgIpc) is 2.38. The SMILES string of the molecule is CCNc1cccc(COc2c(F)cc(F)cc2Br)n1. The quantitative estimate of drug-likeness (QED) is 0.886. The van der Waals surface area contributed by atoms with Crippen molar-refractivity contribution in [3.05, 3.63) is 52.1 Å². The van der Waals surface area contributed by atoms with Crippen molar-refractivity contribution < 1.29 is 13.5 Å². The van der Waals surface area contributed by atoms with Crippen molar-refractivity contribution in [1.29, 1.82) is 0 Å². The van der Waals surface area contributed by atoms with E-state index in [1.807, 2.05) is 19.1 Å². The molecule has 0 saturated heterocycles. The van der Waals surface area contributed by atoms with Crippen LogP contribution in [0.1, 0.15) is 12.6 Å². The van der Waals surface area contributed by atoms with E-state index in [0.29, 0.717) is 5.69 Å². The Morgan fingerprint density at radius 2 is 2.10 bits per heavy atom. The Morgan fingerprint density at radius 3 is 2.80 bits per heavy atom. The van der Waals surface area contributed by atoms with Gasteiger partial charge in [0.1, 0.15) is 18.2 Å². The minimum Gasteiger partial charge on any atom is -0.483 e. The van der Waals surface area contributed by atoms with E-state index >= 15 is 0 Å². The Bertz CT molecular complexity index is 584. The number of anilines is 1. The number of ether oxygens (including phenoxy) is 1. The zero-order valence-corrected chi connectivity index (χ0v) is 12.4. The van der Waals surface area contributed by atoms with Gasteiger partial charge in [-0.05, 0) is 41.1 Å². The summed E-state index contributed by atoms with van der Waals surface area (Å²) in [5.74, 6) is -0.706. The molecule has 0 radical (unpaired) electrons. The average molecular weight is 343 g/mol. The molecule has 0 unspecified atom stereocenters. The van der Waals surface area contributed by atoms with Gasteiger partial charge in [0.2, 0.25) is 0 Å². The molecule has 2 rings (SSSR count). The second kappa shape index (κ2) is 6.65. The number of benzene rings is 1. The van der Waals surface area contributed by atoms with Crippen molar-refractivity contribution in [1.82, 2.24) is 4.98 Å². The highest BCUT2D eigenvalue weighted by Crippen LogP contribution is 2.29. The molecule has 0 atom stereocenters. The van der Waals surface area contributed by atoms with Gasteiger partial charge in [-0.1, -0.05) is 6.07 Å². The van der Waals surface area contributed by atoms with Crippen LogP contribution in [0.3, 0.4) is 0 Å². The first kappa shape index (κ1) is 14.7. The molecule has 0 amide bonds. The molecule has 0 saturated carbocycles. The van der Waals surface area contributed by atoms with E-state index in [0.717, 1.165) is 24.5 Å². The van der Waals surface area contributed by atoms with Crippen molar-refractivity contribution in [2.24, 2.45) is 0 Å². The molecular weight excluding hydrogens is 330 g/mol. The Morgan fingerprint density at radius 1 is 1.30 bits per heavy atom. The van der Waals surface area contributed by atoms with Gasteiger partial charge in [0.05, 0.1) is 10.2 Å². The molecule has 0 aliphatic heterocycles. The van der Waals surface area contributed by atoms with E-state index in [1.165, 1.54) is 0 Å². The summed E-state index contributed by atoms with van der Waals surface area (Å²) in [4.78, 5) is 4.31. The third-order valence-corrected chi connectivity index (χ3v) is 3.08. The highest BCUT2D eigenvalue weighted by molar-refractivity contribution is 9.10. The van der Waals surface area contributed by atoms with Crippen LogP contribution in [0.25, 0.3) is 0 Å². The van der Waals surface area contributed by atoms with Gasteiger partial charge in [-0.3, -0.25) is 0 Å². The lowest BCUT2D eigenvalue weighted by atomic mass is 10.3. The molecule has 0 bridgehead atoms. The lowest BCUT2D eigenvalue weighted by Gasteiger charge is -2.10. The summed E-state index contributed by atoms with van der Waals surface area (Å²) < 4.78 is 32.1. The first-order valence-electron chi connectivity index (χ1n) is 6.07. The number of nitrogens with one attached hydrogen (secondary N) is 1. The first-order chi connectivity index (χ1) is 9.60. The van der Waals surface area contributed by atoms with Crippen LogP contribution in [0.15, 0.2) is 34.8 Å². The van der Waals surface area contributed by atoms with Crippen LogP contribution in [-0.2, 0) is 6.61 Å². The fourth-order valence-electron chi connectivity index (χ4n) is 1.65. The van der Waals surface area contributed by atoms with Gasteiger partial charge in [0.25, 0.3) is 0 Å². The lowest BCUT2D eigenvalue weighted by Crippen LogP contribution is -2.04. The number of pyridine rings is 1. The topological polar surface area (TPSA) is 34.1 Å². The summed E-state index contributed by atoms with van der Waals surface area (Å²) >= 11 is 3.07. The molecule has 1 heterocycles. The van der Waals surface area contributed by atoms with E-state index in [1.54, 1.807) is 6.07 Å². The maximum Gasteiger partial charge on any atom is 0.169 e. The molecule has 0 aliphatic rings. The Kier molecular flexibility index (Phi) is 4.89. The number of hydrogen-bond acceptors (Lipinski definition) is 3. The second-order valence-electron chi connectivity index (χ2n) is 4.03. The molecule has 0 fully saturated rings. The molecule has 0 spiro atoms. The second-order valence-corrected chi connectivity index (χ2v) is 4.89. The molecule has 1 aromatic carbocycles. The Hall–Kier alpha value is -1.69. The predicted octanol–water partition coefficient (Wildman–Crippen LogP) is 4.13. The predicted molar refractivity (Wildman–Crippen MR) is 76.8 cm³/mol. The van der Waals surface area contributed by atoms with Gasteiger partial charge in [-0.25, -0.2) is 13.8 Å². The van der Waals surface area contributed by atoms with Crippen LogP contribution in [-0.4, -0.2) is 11.5 Å². The largest absolute Gasteiger partial charge is 0.483 e. The number of hydrogen-bond donors (Lipinski definition) is 1. The van der Waals surface area contributed by atoms with Gasteiger partial charge in [-0.2, -0.15) is 0 Å². The standard InChI is InChI=1S/C14H13BrF2N2O/c1-2-18-13-5-3-4-10(19-13)8-20-14-11(15)6-9(16)7-12(14)17/h3-7H,2,8H2,1H3,(H,18,19). The van der Waals surface area contributed by atoms with Crippen molar-refractivity contribution in [3.63, 3.8) is 0 Å². The zero-order chi connectivity index (χ0) is 14.5. The maximum atomic E-state index is 13.6. The third kappa shape index (κ3) is 3.66. The number of aromatic nitrogens is 1. The van der Waals surface area contributed by atoms with Gasteiger partial charge in [0.15, 0.2) is 11.6 Å². The van der Waals surface area contributed by atoms with Crippen LogP contribution in [0.4, 0.5) is 14.6 Å². The molecule has 2 aromatic rings. The van der Waals surface area contributed by atoms with E-state index in [4.69, 9.17) is 4.74 Å². The summed E-state index contributed by atoms with van der Waals surface area (Å²) in [7, 11) is 0. The van der Waals surface area contributed by atoms with Gasteiger partial charge < -0.3 is 10.1 Å². The smallest absolute Gasteiger partial charge is 0.169 e. The minimum absolute atomic E-state index is 0.0259. The van der Waals surface area contributed by atoms with E-state index in [9.17, 15) is 8.78 Å². The summed E-state index contributed by atoms with van der Waals surface area (Å²) in [6.45, 7) is 2.83.